The van der Waals surface area contributed by atoms with Crippen LogP contribution in [-0.4, -0.2) is 37.0 Å². The molecule has 0 radical (unpaired) electrons. The van der Waals surface area contributed by atoms with Gasteiger partial charge in [-0.05, 0) is 12.1 Å². The molecule has 2 aromatic carbocycles. The molecule has 0 unspecified atom stereocenters. The fourth-order valence-electron chi connectivity index (χ4n) is 2.63. The van der Waals surface area contributed by atoms with Gasteiger partial charge in [0.1, 0.15) is 5.69 Å². The van der Waals surface area contributed by atoms with E-state index in [1.54, 1.807) is 30.3 Å². The fraction of sp³-hybridized carbons (Fsp3) is 0.235. The first-order chi connectivity index (χ1) is 11.2. The number of nitrogens with zero attached hydrogens (tertiary/aromatic N) is 2. The second-order valence-corrected chi connectivity index (χ2v) is 5.26. The van der Waals surface area contributed by atoms with E-state index in [9.17, 15) is 14.9 Å². The van der Waals surface area contributed by atoms with Gasteiger partial charge in [-0.15, -0.1) is 0 Å². The molecule has 23 heavy (non-hydrogen) atoms. The lowest BCUT2D eigenvalue weighted by Gasteiger charge is -2.28. The van der Waals surface area contributed by atoms with E-state index < -0.39 is 4.92 Å². The minimum absolute atomic E-state index is 0.0107. The largest absolute Gasteiger partial charge is 0.378 e. The summed E-state index contributed by atoms with van der Waals surface area (Å²) in [6, 6.07) is 13.4. The molecule has 6 heteroatoms. The third-order valence-electron chi connectivity index (χ3n) is 3.82. The Morgan fingerprint density at radius 1 is 1.04 bits per heavy atom. The van der Waals surface area contributed by atoms with Crippen LogP contribution in [0.5, 0.6) is 0 Å². The lowest BCUT2D eigenvalue weighted by atomic mass is 10.0. The molecule has 1 heterocycles. The van der Waals surface area contributed by atoms with E-state index >= 15 is 0 Å². The molecule has 0 aliphatic carbocycles. The van der Waals surface area contributed by atoms with E-state index in [1.807, 2.05) is 11.0 Å². The minimum atomic E-state index is -0.415. The van der Waals surface area contributed by atoms with Crippen molar-refractivity contribution in [2.75, 3.05) is 31.2 Å². The number of hydrogen-bond donors (Lipinski definition) is 0. The van der Waals surface area contributed by atoms with E-state index in [1.165, 1.54) is 12.1 Å². The third-order valence-corrected chi connectivity index (χ3v) is 3.82. The zero-order valence-electron chi connectivity index (χ0n) is 12.5. The number of morpholine rings is 1. The van der Waals surface area contributed by atoms with Gasteiger partial charge >= 0.3 is 0 Å². The summed E-state index contributed by atoms with van der Waals surface area (Å²) in [6.07, 6.45) is 0. The molecule has 1 saturated heterocycles. The molecule has 3 rings (SSSR count). The Balaban J connectivity index is 1.99. The molecule has 0 saturated carbocycles. The van der Waals surface area contributed by atoms with Gasteiger partial charge in [0.2, 0.25) is 0 Å². The Hall–Kier alpha value is -2.73. The van der Waals surface area contributed by atoms with Crippen LogP contribution in [0, 0.1) is 10.1 Å². The van der Waals surface area contributed by atoms with E-state index in [0.29, 0.717) is 43.1 Å². The summed E-state index contributed by atoms with van der Waals surface area (Å²) in [5, 5.41) is 11.3. The highest BCUT2D eigenvalue weighted by molar-refractivity contribution is 6.09. The third kappa shape index (κ3) is 3.22. The molecular formula is C17H16N2O4. The topological polar surface area (TPSA) is 72.7 Å². The van der Waals surface area contributed by atoms with Gasteiger partial charge in [-0.3, -0.25) is 14.9 Å². The number of nitro groups is 1. The Kier molecular flexibility index (Phi) is 4.34. The van der Waals surface area contributed by atoms with Crippen molar-refractivity contribution in [2.45, 2.75) is 0 Å². The lowest BCUT2D eigenvalue weighted by molar-refractivity contribution is -0.384. The zero-order chi connectivity index (χ0) is 16.2. The van der Waals surface area contributed by atoms with Gasteiger partial charge < -0.3 is 9.64 Å². The van der Waals surface area contributed by atoms with Crippen molar-refractivity contribution in [3.8, 4) is 0 Å². The van der Waals surface area contributed by atoms with Gasteiger partial charge in [0.25, 0.3) is 5.69 Å². The Morgan fingerprint density at radius 3 is 2.39 bits per heavy atom. The molecule has 0 bridgehead atoms. The van der Waals surface area contributed by atoms with Gasteiger partial charge in [0.15, 0.2) is 5.78 Å². The number of hydrogen-bond acceptors (Lipinski definition) is 5. The highest BCUT2D eigenvalue weighted by atomic mass is 16.6. The smallest absolute Gasteiger partial charge is 0.292 e. The molecular weight excluding hydrogens is 296 g/mol. The highest BCUT2D eigenvalue weighted by Crippen LogP contribution is 2.30. The second kappa shape index (κ2) is 6.58. The van der Waals surface area contributed by atoms with Crippen molar-refractivity contribution in [3.05, 3.63) is 69.8 Å². The molecule has 1 aliphatic heterocycles. The first-order valence-corrected chi connectivity index (χ1v) is 7.38. The van der Waals surface area contributed by atoms with Crippen LogP contribution in [0.1, 0.15) is 15.9 Å². The molecule has 2 aromatic rings. The number of benzene rings is 2. The van der Waals surface area contributed by atoms with E-state index in [4.69, 9.17) is 4.74 Å². The quantitative estimate of drug-likeness (QED) is 0.493. The standard InChI is InChI=1S/C17H16N2O4/c20-17(13-4-2-1-3-5-13)14-6-7-15(19(21)22)16(12-14)18-8-10-23-11-9-18/h1-7,12H,8-11H2. The van der Waals surface area contributed by atoms with Gasteiger partial charge in [-0.2, -0.15) is 0 Å². The molecule has 0 atom stereocenters. The summed E-state index contributed by atoms with van der Waals surface area (Å²) in [4.78, 5) is 25.3. The summed E-state index contributed by atoms with van der Waals surface area (Å²) in [5.74, 6) is -0.144. The van der Waals surface area contributed by atoms with Crippen LogP contribution in [0.4, 0.5) is 11.4 Å². The van der Waals surface area contributed by atoms with Crippen molar-refractivity contribution in [1.82, 2.24) is 0 Å². The van der Waals surface area contributed by atoms with Crippen LogP contribution in [0.2, 0.25) is 0 Å². The van der Waals surface area contributed by atoms with Gasteiger partial charge in [-0.1, -0.05) is 30.3 Å². The Morgan fingerprint density at radius 2 is 1.74 bits per heavy atom. The molecule has 0 spiro atoms. The first-order valence-electron chi connectivity index (χ1n) is 7.38. The van der Waals surface area contributed by atoms with Crippen LogP contribution in [-0.2, 0) is 4.74 Å². The normalized spacial score (nSPS) is 14.5. The Labute approximate surface area is 133 Å². The van der Waals surface area contributed by atoms with Gasteiger partial charge in [0, 0.05) is 30.3 Å². The van der Waals surface area contributed by atoms with Crippen molar-refractivity contribution in [3.63, 3.8) is 0 Å². The lowest BCUT2D eigenvalue weighted by Crippen LogP contribution is -2.36. The monoisotopic (exact) mass is 312 g/mol. The van der Waals surface area contributed by atoms with Crippen LogP contribution in [0.25, 0.3) is 0 Å². The number of carbonyl (C=O) groups is 1. The van der Waals surface area contributed by atoms with E-state index in [2.05, 4.69) is 0 Å². The van der Waals surface area contributed by atoms with E-state index in [0.717, 1.165) is 0 Å². The second-order valence-electron chi connectivity index (χ2n) is 5.26. The molecule has 0 N–H and O–H groups in total. The van der Waals surface area contributed by atoms with E-state index in [-0.39, 0.29) is 11.5 Å². The molecule has 1 fully saturated rings. The van der Waals surface area contributed by atoms with Crippen LogP contribution in [0.3, 0.4) is 0 Å². The molecule has 6 nitrogen and oxygen atoms in total. The first kappa shape index (κ1) is 15.2. The number of ketones is 1. The Bertz CT molecular complexity index is 725. The van der Waals surface area contributed by atoms with Crippen LogP contribution < -0.4 is 4.90 Å². The number of rotatable bonds is 4. The van der Waals surface area contributed by atoms with Gasteiger partial charge in [0.05, 0.1) is 18.1 Å². The zero-order valence-corrected chi connectivity index (χ0v) is 12.5. The fourth-order valence-corrected chi connectivity index (χ4v) is 2.63. The predicted octanol–water partition coefficient (Wildman–Crippen LogP) is 2.66. The summed E-state index contributed by atoms with van der Waals surface area (Å²) >= 11 is 0. The van der Waals surface area contributed by atoms with Crippen molar-refractivity contribution in [2.24, 2.45) is 0 Å². The van der Waals surface area contributed by atoms with Gasteiger partial charge in [-0.25, -0.2) is 0 Å². The summed E-state index contributed by atoms with van der Waals surface area (Å²) in [5.41, 5.74) is 1.49. The maximum Gasteiger partial charge on any atom is 0.292 e. The summed E-state index contributed by atoms with van der Waals surface area (Å²) < 4.78 is 5.29. The number of ether oxygens (including phenoxy) is 1. The molecule has 118 valence electrons. The summed E-state index contributed by atoms with van der Waals surface area (Å²) in [6.45, 7) is 2.19. The summed E-state index contributed by atoms with van der Waals surface area (Å²) in [7, 11) is 0. The molecule has 0 aromatic heterocycles. The highest BCUT2D eigenvalue weighted by Gasteiger charge is 2.23. The number of nitro benzene ring substituents is 1. The van der Waals surface area contributed by atoms with Crippen LogP contribution in [0.15, 0.2) is 48.5 Å². The minimum Gasteiger partial charge on any atom is -0.378 e. The maximum atomic E-state index is 12.5. The van der Waals surface area contributed by atoms with Crippen molar-refractivity contribution in [1.29, 1.82) is 0 Å². The molecule has 1 aliphatic rings. The predicted molar refractivity (Wildman–Crippen MR) is 86.0 cm³/mol. The van der Waals surface area contributed by atoms with Crippen LogP contribution >= 0.6 is 0 Å². The maximum absolute atomic E-state index is 12.5. The number of carbonyl (C=O) groups excluding carboxylic acids is 1. The SMILES string of the molecule is O=C(c1ccccc1)c1ccc([N+](=O)[O-])c(N2CCOCC2)c1. The van der Waals surface area contributed by atoms with Crippen molar-refractivity contribution >= 4 is 17.2 Å². The average Bonchev–Trinajstić information content (AvgIpc) is 2.62. The van der Waals surface area contributed by atoms with Crippen molar-refractivity contribution < 1.29 is 14.5 Å². The number of anilines is 1. The average molecular weight is 312 g/mol. The molecule has 0 amide bonds.